The highest BCUT2D eigenvalue weighted by molar-refractivity contribution is 5.88. The zero-order valence-electron chi connectivity index (χ0n) is 22.3. The van der Waals surface area contributed by atoms with Crippen LogP contribution < -0.4 is 20.7 Å². The molecule has 3 N–H and O–H groups in total. The van der Waals surface area contributed by atoms with E-state index in [1.54, 1.807) is 23.1 Å². The molecule has 1 aliphatic heterocycles. The fourth-order valence-corrected chi connectivity index (χ4v) is 5.63. The van der Waals surface area contributed by atoms with Crippen molar-refractivity contribution in [1.82, 2.24) is 19.9 Å². The van der Waals surface area contributed by atoms with Gasteiger partial charge in [0, 0.05) is 36.0 Å². The van der Waals surface area contributed by atoms with E-state index in [1.807, 2.05) is 32.0 Å². The number of nitrogens with one attached hydrogen (secondary N) is 1. The maximum Gasteiger partial charge on any atom is 0.405 e. The molecule has 0 spiro atoms. The van der Waals surface area contributed by atoms with E-state index < -0.39 is 17.2 Å². The Bertz CT molecular complexity index is 1410. The standard InChI is InChI=1S/C28H33N7O4/c1-3-38-21-14-22(24-20(15-29)17-32-35(24)18-21)19-6-7-23(31-16-19)34-12-10-27(2,11-13-34)33-25(36)28(39-26(30)37)8-4-5-9-28/h6-7,14,16-18H,3-5,8-13H2,1-2H3,(H2,30,37)(H,33,36). The van der Waals surface area contributed by atoms with Crippen molar-refractivity contribution < 1.29 is 19.1 Å². The van der Waals surface area contributed by atoms with E-state index in [-0.39, 0.29) is 5.91 Å². The Morgan fingerprint density at radius 1 is 1.18 bits per heavy atom. The zero-order chi connectivity index (χ0) is 27.6. The van der Waals surface area contributed by atoms with Crippen molar-refractivity contribution in [2.75, 3.05) is 24.6 Å². The summed E-state index contributed by atoms with van der Waals surface area (Å²) in [6.07, 6.45) is 8.28. The number of nitrogens with zero attached hydrogens (tertiary/aromatic N) is 5. The van der Waals surface area contributed by atoms with Crippen LogP contribution in [0.1, 0.15) is 57.9 Å². The fraction of sp³-hybridized carbons (Fsp3) is 0.464. The van der Waals surface area contributed by atoms with Gasteiger partial charge in [-0.3, -0.25) is 4.79 Å². The van der Waals surface area contributed by atoms with Crippen LogP contribution in [0.2, 0.25) is 0 Å². The number of fused-ring (bicyclic) bond motifs is 1. The summed E-state index contributed by atoms with van der Waals surface area (Å²) in [5, 5.41) is 17.1. The molecule has 1 saturated carbocycles. The molecule has 204 valence electrons. The molecule has 3 aromatic heterocycles. The highest BCUT2D eigenvalue weighted by atomic mass is 16.6. The van der Waals surface area contributed by atoms with Crippen LogP contribution in [-0.4, -0.2) is 57.4 Å². The first-order valence-corrected chi connectivity index (χ1v) is 13.3. The minimum Gasteiger partial charge on any atom is -0.492 e. The average Bonchev–Trinajstić information content (AvgIpc) is 3.56. The highest BCUT2D eigenvalue weighted by Crippen LogP contribution is 2.36. The normalized spacial score (nSPS) is 17.9. The lowest BCUT2D eigenvalue weighted by Gasteiger charge is -2.42. The van der Waals surface area contributed by atoms with Crippen LogP contribution in [-0.2, 0) is 9.53 Å². The number of carbonyl (C=O) groups excluding carboxylic acids is 2. The lowest BCUT2D eigenvalue weighted by atomic mass is 9.88. The van der Waals surface area contributed by atoms with Gasteiger partial charge in [-0.1, -0.05) is 0 Å². The van der Waals surface area contributed by atoms with Crippen molar-refractivity contribution in [2.45, 2.75) is 63.5 Å². The molecule has 4 heterocycles. The van der Waals surface area contributed by atoms with Crippen LogP contribution in [0.25, 0.3) is 16.6 Å². The molecule has 2 fully saturated rings. The summed E-state index contributed by atoms with van der Waals surface area (Å²) < 4.78 is 12.7. The summed E-state index contributed by atoms with van der Waals surface area (Å²) in [5.74, 6) is 1.24. The number of nitrogens with two attached hydrogens (primary N) is 1. The number of hydrogen-bond donors (Lipinski definition) is 2. The number of pyridine rings is 2. The maximum atomic E-state index is 13.2. The first-order chi connectivity index (χ1) is 18.8. The summed E-state index contributed by atoms with van der Waals surface area (Å²) in [4.78, 5) is 31.6. The third-order valence-corrected chi connectivity index (χ3v) is 7.80. The lowest BCUT2D eigenvalue weighted by molar-refractivity contribution is -0.141. The monoisotopic (exact) mass is 531 g/mol. The Morgan fingerprint density at radius 3 is 2.54 bits per heavy atom. The summed E-state index contributed by atoms with van der Waals surface area (Å²) in [6, 6.07) is 8.08. The first kappa shape index (κ1) is 26.3. The van der Waals surface area contributed by atoms with Gasteiger partial charge in [-0.15, -0.1) is 0 Å². The number of piperidine rings is 1. The van der Waals surface area contributed by atoms with Gasteiger partial charge < -0.3 is 25.4 Å². The molecule has 2 amide bonds. The van der Waals surface area contributed by atoms with Crippen LogP contribution in [0.15, 0.2) is 36.8 Å². The van der Waals surface area contributed by atoms with Gasteiger partial charge in [0.15, 0.2) is 5.60 Å². The van der Waals surface area contributed by atoms with Gasteiger partial charge in [-0.2, -0.15) is 10.4 Å². The Labute approximate surface area is 226 Å². The van der Waals surface area contributed by atoms with E-state index in [0.717, 1.165) is 29.8 Å². The Kier molecular flexibility index (Phi) is 7.04. The number of rotatable bonds is 7. The number of anilines is 1. The van der Waals surface area contributed by atoms with E-state index in [9.17, 15) is 14.9 Å². The van der Waals surface area contributed by atoms with Gasteiger partial charge >= 0.3 is 6.09 Å². The summed E-state index contributed by atoms with van der Waals surface area (Å²) in [7, 11) is 0. The second-order valence-electron chi connectivity index (χ2n) is 10.5. The molecule has 0 atom stereocenters. The van der Waals surface area contributed by atoms with Crippen molar-refractivity contribution in [1.29, 1.82) is 5.26 Å². The largest absolute Gasteiger partial charge is 0.492 e. The van der Waals surface area contributed by atoms with Crippen molar-refractivity contribution in [3.8, 4) is 22.9 Å². The zero-order valence-corrected chi connectivity index (χ0v) is 22.3. The third kappa shape index (κ3) is 5.19. The predicted molar refractivity (Wildman–Crippen MR) is 144 cm³/mol. The van der Waals surface area contributed by atoms with Crippen LogP contribution in [0.3, 0.4) is 0 Å². The molecule has 2 aliphatic rings. The minimum atomic E-state index is -1.16. The molecule has 0 unspecified atom stereocenters. The van der Waals surface area contributed by atoms with E-state index >= 15 is 0 Å². The molecule has 1 aliphatic carbocycles. The van der Waals surface area contributed by atoms with Crippen LogP contribution in [0, 0.1) is 11.3 Å². The van der Waals surface area contributed by atoms with Crippen LogP contribution in [0.5, 0.6) is 5.75 Å². The van der Waals surface area contributed by atoms with Gasteiger partial charge in [0.25, 0.3) is 5.91 Å². The molecule has 11 nitrogen and oxygen atoms in total. The van der Waals surface area contributed by atoms with Gasteiger partial charge in [-0.05, 0) is 70.6 Å². The summed E-state index contributed by atoms with van der Waals surface area (Å²) >= 11 is 0. The number of carbonyl (C=O) groups is 2. The highest BCUT2D eigenvalue weighted by Gasteiger charge is 2.47. The summed E-state index contributed by atoms with van der Waals surface area (Å²) in [6.45, 7) is 5.87. The molecule has 0 radical (unpaired) electrons. The lowest BCUT2D eigenvalue weighted by Crippen LogP contribution is -2.59. The molecule has 0 aromatic carbocycles. The Balaban J connectivity index is 1.29. The molecule has 1 saturated heterocycles. The second kappa shape index (κ2) is 10.4. The van der Waals surface area contributed by atoms with Gasteiger partial charge in [0.05, 0.1) is 30.1 Å². The molecular formula is C28H33N7O4. The molecule has 3 aromatic rings. The first-order valence-electron chi connectivity index (χ1n) is 13.3. The van der Waals surface area contributed by atoms with Crippen molar-refractivity contribution in [2.24, 2.45) is 5.73 Å². The Morgan fingerprint density at radius 2 is 1.92 bits per heavy atom. The third-order valence-electron chi connectivity index (χ3n) is 7.80. The molecule has 11 heteroatoms. The molecule has 39 heavy (non-hydrogen) atoms. The predicted octanol–water partition coefficient (Wildman–Crippen LogP) is 3.55. The quantitative estimate of drug-likeness (QED) is 0.470. The van der Waals surface area contributed by atoms with Crippen molar-refractivity contribution >= 4 is 23.3 Å². The molecule has 5 rings (SSSR count). The number of ether oxygens (including phenoxy) is 2. The van der Waals surface area contributed by atoms with Gasteiger partial charge in [0.2, 0.25) is 0 Å². The van der Waals surface area contributed by atoms with E-state index in [0.29, 0.717) is 62.2 Å². The van der Waals surface area contributed by atoms with E-state index in [1.165, 1.54) is 0 Å². The smallest absolute Gasteiger partial charge is 0.405 e. The van der Waals surface area contributed by atoms with Crippen LogP contribution >= 0.6 is 0 Å². The number of aromatic nitrogens is 3. The van der Waals surface area contributed by atoms with E-state index in [4.69, 9.17) is 20.2 Å². The second-order valence-corrected chi connectivity index (χ2v) is 10.5. The van der Waals surface area contributed by atoms with Crippen LogP contribution in [0.4, 0.5) is 10.6 Å². The molecule has 0 bridgehead atoms. The minimum absolute atomic E-state index is 0.255. The van der Waals surface area contributed by atoms with Gasteiger partial charge in [0.1, 0.15) is 17.6 Å². The van der Waals surface area contributed by atoms with E-state index in [2.05, 4.69) is 21.4 Å². The number of hydrogen-bond acceptors (Lipinski definition) is 8. The number of nitriles is 1. The maximum absolute atomic E-state index is 13.2. The average molecular weight is 532 g/mol. The number of primary amides is 1. The van der Waals surface area contributed by atoms with Gasteiger partial charge in [-0.25, -0.2) is 14.3 Å². The SMILES string of the molecule is CCOc1cc(-c2ccc(N3CCC(C)(NC(=O)C4(OC(N)=O)CCCC4)CC3)nc2)c2c(C#N)cnn2c1. The fourth-order valence-electron chi connectivity index (χ4n) is 5.63. The Hall–Kier alpha value is -4.33. The van der Waals surface area contributed by atoms with Crippen molar-refractivity contribution in [3.63, 3.8) is 0 Å². The molecular weight excluding hydrogens is 498 g/mol. The summed E-state index contributed by atoms with van der Waals surface area (Å²) in [5.41, 5.74) is 6.55. The topological polar surface area (TPSA) is 148 Å². The number of amides is 2. The van der Waals surface area contributed by atoms with Crippen molar-refractivity contribution in [3.05, 3.63) is 42.4 Å².